The van der Waals surface area contributed by atoms with E-state index in [0.29, 0.717) is 5.56 Å². The molecule has 0 saturated carbocycles. The molecule has 0 aromatic heterocycles. The first kappa shape index (κ1) is 27.8. The fourth-order valence-electron chi connectivity index (χ4n) is 2.80. The quantitative estimate of drug-likeness (QED) is 0.405. The summed E-state index contributed by atoms with van der Waals surface area (Å²) >= 11 is 0. The van der Waals surface area contributed by atoms with Crippen molar-refractivity contribution in [1.82, 2.24) is 10.6 Å². The van der Waals surface area contributed by atoms with E-state index in [1.165, 1.54) is 36.4 Å². The number of alkyl halides is 6. The Balaban J connectivity index is 2.05. The molecule has 2 amide bonds. The fraction of sp³-hybridized carbons (Fsp3) is 0.364. The van der Waals surface area contributed by atoms with E-state index in [1.807, 2.05) is 0 Å². The van der Waals surface area contributed by atoms with E-state index in [9.17, 15) is 35.9 Å². The van der Waals surface area contributed by atoms with E-state index in [1.54, 1.807) is 0 Å². The predicted molar refractivity (Wildman–Crippen MR) is 111 cm³/mol. The number of nitrogens with one attached hydrogen (secondary N) is 2. The predicted octanol–water partition coefficient (Wildman–Crippen LogP) is 3.37. The minimum atomic E-state index is -4.86. The Labute approximate surface area is 196 Å². The van der Waals surface area contributed by atoms with Gasteiger partial charge in [0, 0.05) is 18.5 Å². The van der Waals surface area contributed by atoms with Crippen LogP contribution < -0.4 is 20.1 Å². The lowest BCUT2D eigenvalue weighted by molar-refractivity contribution is -0.274. The van der Waals surface area contributed by atoms with Gasteiger partial charge in [0.15, 0.2) is 0 Å². The number of aliphatic hydroxyl groups excluding tert-OH is 1. The molecule has 1 atom stereocenters. The van der Waals surface area contributed by atoms with Gasteiger partial charge in [-0.3, -0.25) is 9.59 Å². The lowest BCUT2D eigenvalue weighted by Crippen LogP contribution is -2.48. The standard InChI is InChI=1S/C22H22F6N2O5/c23-21(24,25)9-12-34-16-7-3-15(4-8-16)19(32)30-18(20(33)29-10-11-31)13-14-1-5-17(6-2-14)35-22(26,27)28/h1-8,18,31H,9-13H2,(H,29,33)(H,30,32)/t18-/m0/s1. The van der Waals surface area contributed by atoms with Gasteiger partial charge >= 0.3 is 12.5 Å². The van der Waals surface area contributed by atoms with Gasteiger partial charge in [-0.2, -0.15) is 13.2 Å². The van der Waals surface area contributed by atoms with Crippen LogP contribution in [0, 0.1) is 0 Å². The van der Waals surface area contributed by atoms with E-state index in [4.69, 9.17) is 9.84 Å². The third kappa shape index (κ3) is 10.5. The highest BCUT2D eigenvalue weighted by molar-refractivity contribution is 5.97. The third-order valence-electron chi connectivity index (χ3n) is 4.40. The van der Waals surface area contributed by atoms with Gasteiger partial charge in [0.05, 0.1) is 19.6 Å². The number of rotatable bonds is 11. The molecule has 35 heavy (non-hydrogen) atoms. The van der Waals surface area contributed by atoms with Crippen LogP contribution in [0.1, 0.15) is 22.3 Å². The Morgan fingerprint density at radius 1 is 0.914 bits per heavy atom. The first-order valence-electron chi connectivity index (χ1n) is 10.2. The second-order valence-electron chi connectivity index (χ2n) is 7.17. The molecule has 2 aromatic carbocycles. The van der Waals surface area contributed by atoms with Crippen molar-refractivity contribution in [2.24, 2.45) is 0 Å². The van der Waals surface area contributed by atoms with Crippen molar-refractivity contribution < 1.29 is 50.5 Å². The average molecular weight is 508 g/mol. The van der Waals surface area contributed by atoms with Crippen molar-refractivity contribution in [2.45, 2.75) is 31.4 Å². The van der Waals surface area contributed by atoms with Crippen LogP contribution in [-0.4, -0.2) is 55.3 Å². The van der Waals surface area contributed by atoms with Crippen molar-refractivity contribution in [2.75, 3.05) is 19.8 Å². The van der Waals surface area contributed by atoms with Gasteiger partial charge in [-0.15, -0.1) is 13.2 Å². The van der Waals surface area contributed by atoms with Crippen LogP contribution in [0.15, 0.2) is 48.5 Å². The summed E-state index contributed by atoms with van der Waals surface area (Å²) in [6.07, 6.45) is -10.4. The highest BCUT2D eigenvalue weighted by atomic mass is 19.4. The largest absolute Gasteiger partial charge is 0.573 e. The third-order valence-corrected chi connectivity index (χ3v) is 4.40. The summed E-state index contributed by atoms with van der Waals surface area (Å²) in [5, 5.41) is 13.8. The van der Waals surface area contributed by atoms with Crippen molar-refractivity contribution in [3.8, 4) is 11.5 Å². The molecule has 0 saturated heterocycles. The SMILES string of the molecule is O=C(N[C@@H](Cc1ccc(OC(F)(F)F)cc1)C(=O)NCCO)c1ccc(OCCC(F)(F)F)cc1. The minimum Gasteiger partial charge on any atom is -0.493 e. The maximum atomic E-state index is 12.6. The zero-order chi connectivity index (χ0) is 26.1. The molecular weight excluding hydrogens is 486 g/mol. The number of aliphatic hydroxyl groups is 1. The van der Waals surface area contributed by atoms with Crippen molar-refractivity contribution in [3.05, 3.63) is 59.7 Å². The number of halogens is 6. The Hall–Kier alpha value is -3.48. The van der Waals surface area contributed by atoms with Gasteiger partial charge in [0.2, 0.25) is 5.91 Å². The summed E-state index contributed by atoms with van der Waals surface area (Å²) in [6, 6.07) is 8.76. The Bertz CT molecular complexity index is 962. The molecule has 7 nitrogen and oxygen atoms in total. The second kappa shape index (κ2) is 12.3. The van der Waals surface area contributed by atoms with Crippen molar-refractivity contribution >= 4 is 11.8 Å². The van der Waals surface area contributed by atoms with Gasteiger partial charge in [-0.25, -0.2) is 0 Å². The molecule has 192 valence electrons. The second-order valence-corrected chi connectivity index (χ2v) is 7.17. The smallest absolute Gasteiger partial charge is 0.493 e. The fourth-order valence-corrected chi connectivity index (χ4v) is 2.80. The van der Waals surface area contributed by atoms with Crippen molar-refractivity contribution in [1.29, 1.82) is 0 Å². The van der Waals surface area contributed by atoms with Gasteiger partial charge in [0.1, 0.15) is 17.5 Å². The summed E-state index contributed by atoms with van der Waals surface area (Å²) in [5.41, 5.74) is 0.499. The van der Waals surface area contributed by atoms with E-state index >= 15 is 0 Å². The Morgan fingerprint density at radius 2 is 1.51 bits per heavy atom. The molecule has 0 unspecified atom stereocenters. The van der Waals surface area contributed by atoms with Gasteiger partial charge < -0.3 is 25.2 Å². The highest BCUT2D eigenvalue weighted by Crippen LogP contribution is 2.23. The molecule has 3 N–H and O–H groups in total. The van der Waals surface area contributed by atoms with Gasteiger partial charge in [-0.1, -0.05) is 12.1 Å². The zero-order valence-corrected chi connectivity index (χ0v) is 18.1. The summed E-state index contributed by atoms with van der Waals surface area (Å²) in [5.74, 6) is -1.67. The number of carbonyl (C=O) groups is 2. The molecule has 0 fully saturated rings. The van der Waals surface area contributed by atoms with E-state index in [0.717, 1.165) is 12.1 Å². The number of ether oxygens (including phenoxy) is 2. The zero-order valence-electron chi connectivity index (χ0n) is 18.1. The monoisotopic (exact) mass is 508 g/mol. The average Bonchev–Trinajstić information content (AvgIpc) is 2.76. The summed E-state index contributed by atoms with van der Waals surface area (Å²) in [6.45, 7) is -1.03. The van der Waals surface area contributed by atoms with E-state index in [-0.39, 0.29) is 30.9 Å². The van der Waals surface area contributed by atoms with Crippen LogP contribution in [-0.2, 0) is 11.2 Å². The first-order chi connectivity index (χ1) is 16.4. The van der Waals surface area contributed by atoms with Gasteiger partial charge in [-0.05, 0) is 42.0 Å². The normalized spacial score (nSPS) is 12.5. The molecule has 0 bridgehead atoms. The molecular formula is C22H22F6N2O5. The van der Waals surface area contributed by atoms with Crippen LogP contribution in [0.2, 0.25) is 0 Å². The number of carbonyl (C=O) groups excluding carboxylic acids is 2. The topological polar surface area (TPSA) is 96.9 Å². The molecule has 0 heterocycles. The molecule has 2 rings (SSSR count). The molecule has 0 spiro atoms. The maximum absolute atomic E-state index is 12.6. The lowest BCUT2D eigenvalue weighted by Gasteiger charge is -2.19. The summed E-state index contributed by atoms with van der Waals surface area (Å²) < 4.78 is 82.3. The van der Waals surface area contributed by atoms with Crippen molar-refractivity contribution in [3.63, 3.8) is 0 Å². The van der Waals surface area contributed by atoms with E-state index in [2.05, 4.69) is 15.4 Å². The molecule has 0 aliphatic heterocycles. The maximum Gasteiger partial charge on any atom is 0.573 e. The Kier molecular flexibility index (Phi) is 9.75. The summed E-state index contributed by atoms with van der Waals surface area (Å²) in [4.78, 5) is 25.1. The number of amides is 2. The molecule has 0 aliphatic rings. The number of benzene rings is 2. The van der Waals surface area contributed by atoms with Crippen LogP contribution in [0.25, 0.3) is 0 Å². The van der Waals surface area contributed by atoms with Gasteiger partial charge in [0.25, 0.3) is 5.91 Å². The lowest BCUT2D eigenvalue weighted by atomic mass is 10.0. The molecule has 0 radical (unpaired) electrons. The Morgan fingerprint density at radius 3 is 2.06 bits per heavy atom. The molecule has 13 heteroatoms. The number of hydrogen-bond acceptors (Lipinski definition) is 5. The molecule has 2 aromatic rings. The minimum absolute atomic E-state index is 0.0852. The van der Waals surface area contributed by atoms with Crippen LogP contribution in [0.3, 0.4) is 0 Å². The summed E-state index contributed by atoms with van der Waals surface area (Å²) in [7, 11) is 0. The van der Waals surface area contributed by atoms with Crippen LogP contribution in [0.4, 0.5) is 26.3 Å². The van der Waals surface area contributed by atoms with Crippen LogP contribution >= 0.6 is 0 Å². The highest BCUT2D eigenvalue weighted by Gasteiger charge is 2.31. The molecule has 0 aliphatic carbocycles. The number of hydrogen-bond donors (Lipinski definition) is 3. The first-order valence-corrected chi connectivity index (χ1v) is 10.2. The van der Waals surface area contributed by atoms with E-state index < -0.39 is 49.2 Å². The van der Waals surface area contributed by atoms with Crippen LogP contribution in [0.5, 0.6) is 11.5 Å².